The van der Waals surface area contributed by atoms with Gasteiger partial charge in [0.05, 0.1) is 19.3 Å². The summed E-state index contributed by atoms with van der Waals surface area (Å²) in [6.07, 6.45) is 4.15. The fourth-order valence-electron chi connectivity index (χ4n) is 4.18. The van der Waals surface area contributed by atoms with Gasteiger partial charge in [0.2, 0.25) is 0 Å². The van der Waals surface area contributed by atoms with Crippen LogP contribution in [0.1, 0.15) is 42.7 Å². The number of nitrogens with zero attached hydrogens (tertiary/aromatic N) is 2. The Balaban J connectivity index is 1.47. The number of halogens is 1. The zero-order valence-electron chi connectivity index (χ0n) is 17.7. The number of anilines is 1. The molecule has 1 aromatic carbocycles. The first-order valence-electron chi connectivity index (χ1n) is 10.4. The first kappa shape index (κ1) is 20.6. The van der Waals surface area contributed by atoms with E-state index in [1.54, 1.807) is 19.4 Å². The normalized spacial score (nSPS) is 22.5. The minimum Gasteiger partial charge on any atom is -0.496 e. The Kier molecular flexibility index (Phi) is 5.64. The largest absolute Gasteiger partial charge is 0.496 e. The molecule has 1 aliphatic heterocycles. The van der Waals surface area contributed by atoms with E-state index in [0.717, 1.165) is 37.2 Å². The molecule has 7 heteroatoms. The maximum Gasteiger partial charge on any atom is 0.270 e. The number of pyridine rings is 1. The number of methoxy groups -OCH3 is 1. The van der Waals surface area contributed by atoms with Gasteiger partial charge in [-0.05, 0) is 69.0 Å². The summed E-state index contributed by atoms with van der Waals surface area (Å²) in [5.41, 5.74) is 1.73. The Bertz CT molecular complexity index is 922. The van der Waals surface area contributed by atoms with Gasteiger partial charge in [0.1, 0.15) is 17.3 Å². The van der Waals surface area contributed by atoms with Gasteiger partial charge in [-0.1, -0.05) is 0 Å². The van der Waals surface area contributed by atoms with Crippen LogP contribution in [0.2, 0.25) is 0 Å². The zero-order chi connectivity index (χ0) is 21.3. The molecule has 2 atom stereocenters. The first-order chi connectivity index (χ1) is 14.4. The van der Waals surface area contributed by atoms with E-state index in [4.69, 9.17) is 9.47 Å². The number of ether oxygens (including phenoxy) is 2. The van der Waals surface area contributed by atoms with Crippen LogP contribution in [0.15, 0.2) is 36.5 Å². The third-order valence-electron chi connectivity index (χ3n) is 5.76. The molecule has 1 saturated carbocycles. The van der Waals surface area contributed by atoms with E-state index in [1.165, 1.54) is 12.1 Å². The number of aromatic nitrogens is 1. The third kappa shape index (κ3) is 4.56. The second kappa shape index (κ2) is 8.22. The monoisotopic (exact) mass is 413 g/mol. The molecular formula is C23H28FN3O3. The molecule has 1 aromatic heterocycles. The average Bonchev–Trinajstić information content (AvgIpc) is 3.46. The number of nitrogens with one attached hydrogen (secondary N) is 1. The molecule has 1 aliphatic carbocycles. The van der Waals surface area contributed by atoms with Crippen molar-refractivity contribution in [2.24, 2.45) is 0 Å². The van der Waals surface area contributed by atoms with E-state index in [2.05, 4.69) is 29.0 Å². The van der Waals surface area contributed by atoms with E-state index in [1.807, 2.05) is 12.1 Å². The Hall–Kier alpha value is -2.67. The summed E-state index contributed by atoms with van der Waals surface area (Å²) < 4.78 is 24.9. The highest BCUT2D eigenvalue weighted by molar-refractivity contribution is 5.94. The van der Waals surface area contributed by atoms with E-state index in [-0.39, 0.29) is 29.5 Å². The molecule has 0 bridgehead atoms. The first-order valence-corrected chi connectivity index (χ1v) is 10.4. The van der Waals surface area contributed by atoms with E-state index >= 15 is 0 Å². The van der Waals surface area contributed by atoms with Crippen LogP contribution in [0.3, 0.4) is 0 Å². The Morgan fingerprint density at radius 2 is 2.00 bits per heavy atom. The maximum atomic E-state index is 13.7. The number of hydrogen-bond acceptors (Lipinski definition) is 5. The van der Waals surface area contributed by atoms with Gasteiger partial charge >= 0.3 is 0 Å². The molecule has 1 saturated heterocycles. The van der Waals surface area contributed by atoms with Crippen LogP contribution in [0, 0.1) is 5.82 Å². The lowest BCUT2D eigenvalue weighted by Crippen LogP contribution is -2.45. The van der Waals surface area contributed by atoms with E-state index < -0.39 is 0 Å². The molecule has 160 valence electrons. The molecule has 0 radical (unpaired) electrons. The molecular weight excluding hydrogens is 385 g/mol. The van der Waals surface area contributed by atoms with Crippen LogP contribution in [0.25, 0.3) is 0 Å². The molecule has 1 N–H and O–H groups in total. The topological polar surface area (TPSA) is 63.7 Å². The van der Waals surface area contributed by atoms with Crippen LogP contribution in [-0.4, -0.2) is 48.8 Å². The Morgan fingerprint density at radius 3 is 2.67 bits per heavy atom. The molecule has 6 nitrogen and oxygen atoms in total. The number of rotatable bonds is 6. The van der Waals surface area contributed by atoms with Gasteiger partial charge in [-0.2, -0.15) is 0 Å². The van der Waals surface area contributed by atoms with Crippen LogP contribution < -0.4 is 15.0 Å². The summed E-state index contributed by atoms with van der Waals surface area (Å²) in [7, 11) is 1.57. The molecule has 0 spiro atoms. The van der Waals surface area contributed by atoms with Crippen LogP contribution in [0.5, 0.6) is 5.75 Å². The molecule has 2 aliphatic rings. The van der Waals surface area contributed by atoms with Gasteiger partial charge in [-0.25, -0.2) is 4.39 Å². The smallest absolute Gasteiger partial charge is 0.270 e. The number of benzene rings is 1. The lowest BCUT2D eigenvalue weighted by atomic mass is 10.0. The summed E-state index contributed by atoms with van der Waals surface area (Å²) in [5, 5.41) is 3.13. The molecule has 0 unspecified atom stereocenters. The summed E-state index contributed by atoms with van der Waals surface area (Å²) in [4.78, 5) is 19.5. The minimum absolute atomic E-state index is 0.134. The molecule has 2 aromatic rings. The van der Waals surface area contributed by atoms with Crippen molar-refractivity contribution in [3.8, 4) is 5.75 Å². The highest BCUT2D eigenvalue weighted by Gasteiger charge is 2.45. The van der Waals surface area contributed by atoms with Crippen LogP contribution >= 0.6 is 0 Å². The standard InChI is InChI=1S/C23H28FN3O3/c1-15-13-27(14-16(2)30-15)19-6-9-25-20(11-19)22(28)26-23(7-8-23)12-17-10-18(24)4-5-21(17)29-3/h4-6,9-11,15-16H,7-8,12-14H2,1-3H3,(H,26,28)/t15-,16+. The van der Waals surface area contributed by atoms with Gasteiger partial charge in [-0.15, -0.1) is 0 Å². The predicted molar refractivity (Wildman–Crippen MR) is 113 cm³/mol. The fraction of sp³-hybridized carbons (Fsp3) is 0.478. The quantitative estimate of drug-likeness (QED) is 0.787. The van der Waals surface area contributed by atoms with Crippen molar-refractivity contribution in [1.29, 1.82) is 0 Å². The zero-order valence-corrected chi connectivity index (χ0v) is 17.7. The summed E-state index contributed by atoms with van der Waals surface area (Å²) in [5.74, 6) is 0.114. The molecule has 4 rings (SSSR count). The van der Waals surface area contributed by atoms with Crippen molar-refractivity contribution in [2.75, 3.05) is 25.1 Å². The number of hydrogen-bond donors (Lipinski definition) is 1. The molecule has 2 fully saturated rings. The van der Waals surface area contributed by atoms with Gasteiger partial charge in [-0.3, -0.25) is 9.78 Å². The molecule has 30 heavy (non-hydrogen) atoms. The van der Waals surface area contributed by atoms with E-state index in [9.17, 15) is 9.18 Å². The van der Waals surface area contributed by atoms with Crippen molar-refractivity contribution in [1.82, 2.24) is 10.3 Å². The Morgan fingerprint density at radius 1 is 1.27 bits per heavy atom. The molecule has 2 heterocycles. The number of carbonyl (C=O) groups excluding carboxylic acids is 1. The molecule has 1 amide bonds. The average molecular weight is 413 g/mol. The van der Waals surface area contributed by atoms with Crippen LogP contribution in [0.4, 0.5) is 10.1 Å². The number of amides is 1. The van der Waals surface area contributed by atoms with Gasteiger partial charge in [0.15, 0.2) is 0 Å². The second-order valence-corrected chi connectivity index (χ2v) is 8.43. The summed E-state index contributed by atoms with van der Waals surface area (Å²) >= 11 is 0. The van der Waals surface area contributed by atoms with Gasteiger partial charge in [0.25, 0.3) is 5.91 Å². The number of morpholine rings is 1. The maximum absolute atomic E-state index is 13.7. The second-order valence-electron chi connectivity index (χ2n) is 8.43. The predicted octanol–water partition coefficient (Wildman–Crippen LogP) is 3.35. The van der Waals surface area contributed by atoms with E-state index in [0.29, 0.717) is 17.9 Å². The van der Waals surface area contributed by atoms with Crippen molar-refractivity contribution in [3.05, 3.63) is 53.6 Å². The summed E-state index contributed by atoms with van der Waals surface area (Å²) in [6, 6.07) is 8.23. The lowest BCUT2D eigenvalue weighted by Gasteiger charge is -2.36. The summed E-state index contributed by atoms with van der Waals surface area (Å²) in [6.45, 7) is 5.65. The van der Waals surface area contributed by atoms with Crippen molar-refractivity contribution < 1.29 is 18.7 Å². The van der Waals surface area contributed by atoms with Crippen molar-refractivity contribution >= 4 is 11.6 Å². The SMILES string of the molecule is COc1ccc(F)cc1CC1(NC(=O)c2cc(N3C[C@@H](C)O[C@@H](C)C3)ccn2)CC1. The fourth-order valence-corrected chi connectivity index (χ4v) is 4.18. The van der Waals surface area contributed by atoms with Crippen molar-refractivity contribution in [3.63, 3.8) is 0 Å². The Labute approximate surface area is 176 Å². The highest BCUT2D eigenvalue weighted by Crippen LogP contribution is 2.40. The van der Waals surface area contributed by atoms with Gasteiger partial charge in [0, 0.05) is 30.5 Å². The minimum atomic E-state index is -0.377. The third-order valence-corrected chi connectivity index (χ3v) is 5.76. The van der Waals surface area contributed by atoms with Crippen molar-refractivity contribution in [2.45, 2.75) is 50.9 Å². The highest BCUT2D eigenvalue weighted by atomic mass is 19.1. The van der Waals surface area contributed by atoms with Gasteiger partial charge < -0.3 is 19.7 Å². The van der Waals surface area contributed by atoms with Crippen LogP contribution in [-0.2, 0) is 11.2 Å². The lowest BCUT2D eigenvalue weighted by molar-refractivity contribution is -0.00522. The number of carbonyl (C=O) groups is 1.